The third-order valence-corrected chi connectivity index (χ3v) is 3.68. The van der Waals surface area contributed by atoms with E-state index in [2.05, 4.69) is 9.97 Å². The van der Waals surface area contributed by atoms with Crippen molar-refractivity contribution in [3.8, 4) is 5.75 Å². The average molecular weight is 326 g/mol. The van der Waals surface area contributed by atoms with Crippen LogP contribution in [0.1, 0.15) is 23.7 Å². The molecule has 2 heterocycles. The monoisotopic (exact) mass is 326 g/mol. The van der Waals surface area contributed by atoms with Crippen LogP contribution < -0.4 is 9.75 Å². The van der Waals surface area contributed by atoms with Crippen LogP contribution in [0, 0.1) is 0 Å². The number of carboxylic acids is 1. The van der Waals surface area contributed by atoms with Crippen molar-refractivity contribution in [2.24, 2.45) is 0 Å². The molecular weight excluding hydrogens is 308 g/mol. The second-order valence-corrected chi connectivity index (χ2v) is 5.29. The highest BCUT2D eigenvalue weighted by Crippen LogP contribution is 2.27. The summed E-state index contributed by atoms with van der Waals surface area (Å²) < 4.78 is 6.98. The van der Waals surface area contributed by atoms with Crippen LogP contribution in [0.3, 0.4) is 0 Å². The molecule has 0 aliphatic carbocycles. The number of fused-ring (bicyclic) bond motifs is 1. The zero-order valence-electron chi connectivity index (χ0n) is 13.5. The maximum Gasteiger partial charge on any atom is 0.339 e. The van der Waals surface area contributed by atoms with Gasteiger partial charge in [-0.2, -0.15) is 0 Å². The van der Waals surface area contributed by atoms with Crippen molar-refractivity contribution in [1.82, 2.24) is 14.6 Å². The molecular formula is C17H18N4O3. The molecule has 3 rings (SSSR count). The molecule has 0 atom stereocenters. The van der Waals surface area contributed by atoms with E-state index in [0.29, 0.717) is 23.6 Å². The number of anilines is 1. The Kier molecular flexibility index (Phi) is 4.33. The quantitative estimate of drug-likeness (QED) is 0.750. The number of methoxy groups -OCH3 is 1. The molecule has 0 saturated heterocycles. The van der Waals surface area contributed by atoms with Crippen LogP contribution in [0.2, 0.25) is 0 Å². The maximum atomic E-state index is 11.8. The minimum atomic E-state index is -1.02. The number of imidazole rings is 1. The summed E-state index contributed by atoms with van der Waals surface area (Å²) in [4.78, 5) is 20.4. The van der Waals surface area contributed by atoms with Gasteiger partial charge in [0, 0.05) is 30.4 Å². The lowest BCUT2D eigenvalue weighted by Gasteiger charge is -2.25. The third kappa shape index (κ3) is 2.88. The van der Waals surface area contributed by atoms with Gasteiger partial charge in [0.1, 0.15) is 17.6 Å². The Morgan fingerprint density at radius 3 is 2.83 bits per heavy atom. The van der Waals surface area contributed by atoms with Crippen molar-refractivity contribution in [2.45, 2.75) is 13.3 Å². The summed E-state index contributed by atoms with van der Waals surface area (Å²) in [6, 6.07) is 7.02. The first-order chi connectivity index (χ1) is 11.6. The molecule has 0 radical (unpaired) electrons. The number of rotatable bonds is 6. The van der Waals surface area contributed by atoms with E-state index in [1.807, 2.05) is 6.92 Å². The fraction of sp³-hybridized carbons (Fsp3) is 0.235. The summed E-state index contributed by atoms with van der Waals surface area (Å²) in [5, 5.41) is 12.2. The van der Waals surface area contributed by atoms with Gasteiger partial charge in [-0.05, 0) is 24.6 Å². The predicted molar refractivity (Wildman–Crippen MR) is 90.5 cm³/mol. The summed E-state index contributed by atoms with van der Waals surface area (Å²) in [6.45, 7) is 2.63. The van der Waals surface area contributed by atoms with Gasteiger partial charge < -0.3 is 9.84 Å². The van der Waals surface area contributed by atoms with E-state index in [4.69, 9.17) is 4.74 Å². The number of pyridine rings is 1. The van der Waals surface area contributed by atoms with Crippen molar-refractivity contribution in [3.05, 3.63) is 48.5 Å². The minimum absolute atomic E-state index is 0.148. The van der Waals surface area contributed by atoms with Crippen LogP contribution in [0.25, 0.3) is 10.9 Å². The van der Waals surface area contributed by atoms with Gasteiger partial charge in [-0.15, -0.1) is 0 Å². The second kappa shape index (κ2) is 6.57. The molecule has 24 heavy (non-hydrogen) atoms. The number of nitrogens with zero attached hydrogens (tertiary/aromatic N) is 4. The van der Waals surface area contributed by atoms with Crippen LogP contribution in [-0.2, 0) is 0 Å². The Bertz CT molecular complexity index is 862. The van der Waals surface area contributed by atoms with Crippen molar-refractivity contribution in [3.63, 3.8) is 0 Å². The van der Waals surface area contributed by atoms with E-state index in [1.165, 1.54) is 0 Å². The van der Waals surface area contributed by atoms with Gasteiger partial charge >= 0.3 is 5.97 Å². The van der Waals surface area contributed by atoms with Gasteiger partial charge in [0.05, 0.1) is 12.6 Å². The van der Waals surface area contributed by atoms with Crippen LogP contribution >= 0.6 is 0 Å². The molecule has 124 valence electrons. The van der Waals surface area contributed by atoms with Crippen molar-refractivity contribution >= 4 is 22.7 Å². The molecule has 7 heteroatoms. The highest BCUT2D eigenvalue weighted by atomic mass is 16.5. The number of benzene rings is 1. The topological polar surface area (TPSA) is 80.5 Å². The zero-order valence-corrected chi connectivity index (χ0v) is 13.5. The van der Waals surface area contributed by atoms with E-state index in [-0.39, 0.29) is 5.56 Å². The van der Waals surface area contributed by atoms with Crippen LogP contribution in [0.4, 0.5) is 5.82 Å². The van der Waals surface area contributed by atoms with E-state index >= 15 is 0 Å². The highest BCUT2D eigenvalue weighted by Gasteiger charge is 2.20. The average Bonchev–Trinajstić information content (AvgIpc) is 3.12. The van der Waals surface area contributed by atoms with Gasteiger partial charge in [0.2, 0.25) is 0 Å². The number of hydrogen-bond donors (Lipinski definition) is 1. The number of aromatic carboxylic acids is 1. The van der Waals surface area contributed by atoms with Gasteiger partial charge in [0.25, 0.3) is 0 Å². The van der Waals surface area contributed by atoms with Crippen molar-refractivity contribution in [1.29, 1.82) is 0 Å². The predicted octanol–water partition coefficient (Wildman–Crippen LogP) is 2.82. The molecule has 7 nitrogen and oxygen atoms in total. The Balaban J connectivity index is 2.22. The Hall–Kier alpha value is -3.09. The van der Waals surface area contributed by atoms with Crippen LogP contribution in [0.5, 0.6) is 5.75 Å². The Morgan fingerprint density at radius 2 is 2.21 bits per heavy atom. The lowest BCUT2D eigenvalue weighted by molar-refractivity contribution is 0.0697. The first kappa shape index (κ1) is 15.8. The molecule has 1 aromatic carbocycles. The largest absolute Gasteiger partial charge is 0.497 e. The van der Waals surface area contributed by atoms with Crippen LogP contribution in [-0.4, -0.2) is 39.4 Å². The van der Waals surface area contributed by atoms with E-state index in [0.717, 1.165) is 11.8 Å². The summed E-state index contributed by atoms with van der Waals surface area (Å²) in [5.41, 5.74) is 0.824. The number of carbonyl (C=O) groups is 1. The number of carboxylic acid groups (broad SMARTS) is 1. The Labute approximate surface area is 139 Å². The summed E-state index contributed by atoms with van der Waals surface area (Å²) in [6.07, 6.45) is 5.86. The molecule has 1 N–H and O–H groups in total. The van der Waals surface area contributed by atoms with Crippen molar-refractivity contribution in [2.75, 3.05) is 18.7 Å². The molecule has 0 unspecified atom stereocenters. The van der Waals surface area contributed by atoms with Gasteiger partial charge in [-0.3, -0.25) is 5.01 Å². The van der Waals surface area contributed by atoms with E-state index < -0.39 is 5.97 Å². The summed E-state index contributed by atoms with van der Waals surface area (Å²) in [5.74, 6) is 0.0354. The maximum absolute atomic E-state index is 11.8. The molecule has 0 aliphatic heterocycles. The lowest BCUT2D eigenvalue weighted by Crippen LogP contribution is -2.31. The molecule has 0 spiro atoms. The number of ether oxygens (including phenoxy) is 1. The third-order valence-electron chi connectivity index (χ3n) is 3.68. The van der Waals surface area contributed by atoms with E-state index in [1.54, 1.807) is 59.8 Å². The smallest absolute Gasteiger partial charge is 0.339 e. The fourth-order valence-corrected chi connectivity index (χ4v) is 2.56. The molecule has 0 aliphatic rings. The fourth-order valence-electron chi connectivity index (χ4n) is 2.56. The SMILES string of the molecule is CCCN(c1nc2cc(OC)ccc2cc1C(=O)O)n1ccnc1. The first-order valence-corrected chi connectivity index (χ1v) is 7.62. The van der Waals surface area contributed by atoms with E-state index in [9.17, 15) is 9.90 Å². The van der Waals surface area contributed by atoms with Crippen molar-refractivity contribution < 1.29 is 14.6 Å². The minimum Gasteiger partial charge on any atom is -0.497 e. The van der Waals surface area contributed by atoms with Crippen LogP contribution in [0.15, 0.2) is 43.0 Å². The molecule has 0 bridgehead atoms. The number of hydrogen-bond acceptors (Lipinski definition) is 5. The molecule has 2 aromatic heterocycles. The summed E-state index contributed by atoms with van der Waals surface area (Å²) in [7, 11) is 1.59. The Morgan fingerprint density at radius 1 is 1.38 bits per heavy atom. The molecule has 0 fully saturated rings. The van der Waals surface area contributed by atoms with Gasteiger partial charge in [-0.1, -0.05) is 6.92 Å². The highest BCUT2D eigenvalue weighted by molar-refractivity contribution is 5.98. The lowest BCUT2D eigenvalue weighted by atomic mass is 10.1. The zero-order chi connectivity index (χ0) is 17.1. The van der Waals surface area contributed by atoms with Gasteiger partial charge in [0.15, 0.2) is 5.82 Å². The molecule has 0 saturated carbocycles. The standard InChI is InChI=1S/C17H18N4O3/c1-3-7-21(20-8-6-18-11-20)16-14(17(22)23)9-12-4-5-13(24-2)10-15(12)19-16/h4-6,8-11H,3,7H2,1-2H3,(H,22,23). The second-order valence-electron chi connectivity index (χ2n) is 5.29. The van der Waals surface area contributed by atoms with Gasteiger partial charge in [-0.25, -0.2) is 19.4 Å². The molecule has 0 amide bonds. The molecule has 3 aromatic rings. The summed E-state index contributed by atoms with van der Waals surface area (Å²) >= 11 is 0. The first-order valence-electron chi connectivity index (χ1n) is 7.62. The number of aromatic nitrogens is 3. The normalized spacial score (nSPS) is 10.8.